The molecule has 2 aliphatic rings. The summed E-state index contributed by atoms with van der Waals surface area (Å²) in [5.74, 6) is 0.267. The minimum Gasteiger partial charge on any atom is -0.336 e. The van der Waals surface area contributed by atoms with Crippen LogP contribution in [0.1, 0.15) is 46.5 Å². The highest BCUT2D eigenvalue weighted by atomic mass is 16.2. The second-order valence-corrected chi connectivity index (χ2v) is 6.27. The Kier molecular flexibility index (Phi) is 4.28. The predicted octanol–water partition coefficient (Wildman–Crippen LogP) is 1.12. The average Bonchev–Trinajstić information content (AvgIpc) is 2.74. The van der Waals surface area contributed by atoms with Crippen LogP contribution >= 0.6 is 0 Å². The molecule has 1 amide bonds. The van der Waals surface area contributed by atoms with E-state index < -0.39 is 0 Å². The number of likely N-dealkylation sites (tertiary alicyclic amines) is 1. The largest absolute Gasteiger partial charge is 0.336 e. The van der Waals surface area contributed by atoms with Gasteiger partial charge in [0.05, 0.1) is 6.54 Å². The molecule has 104 valence electrons. The third-order valence-corrected chi connectivity index (χ3v) is 4.52. The first-order chi connectivity index (χ1) is 8.52. The van der Waals surface area contributed by atoms with Gasteiger partial charge in [0.15, 0.2) is 0 Å². The maximum Gasteiger partial charge on any atom is 0.237 e. The fourth-order valence-corrected chi connectivity index (χ4v) is 3.26. The minimum absolute atomic E-state index is 0.0952. The molecule has 2 rings (SSSR count). The maximum absolute atomic E-state index is 12.4. The summed E-state index contributed by atoms with van der Waals surface area (Å²) in [4.78, 5) is 14.4. The highest BCUT2D eigenvalue weighted by Crippen LogP contribution is 2.22. The number of rotatable bonds is 3. The zero-order chi connectivity index (χ0) is 13.2. The van der Waals surface area contributed by atoms with Crippen LogP contribution in [0.25, 0.3) is 0 Å². The van der Waals surface area contributed by atoms with Crippen molar-refractivity contribution in [3.63, 3.8) is 0 Å². The molecule has 2 heterocycles. The standard InChI is InChI=1S/C14H27N3O/c1-11-5-4-6-12(2)17(11)13(18)9-16-14(3)7-8-15-10-14/h11-12,15-16H,4-10H2,1-3H3. The smallest absolute Gasteiger partial charge is 0.237 e. The maximum atomic E-state index is 12.4. The lowest BCUT2D eigenvalue weighted by Gasteiger charge is -2.39. The first kappa shape index (κ1) is 13.8. The van der Waals surface area contributed by atoms with Gasteiger partial charge in [-0.2, -0.15) is 0 Å². The number of amides is 1. The van der Waals surface area contributed by atoms with Gasteiger partial charge in [-0.25, -0.2) is 0 Å². The van der Waals surface area contributed by atoms with Gasteiger partial charge in [-0.15, -0.1) is 0 Å². The zero-order valence-corrected chi connectivity index (χ0v) is 12.0. The Balaban J connectivity index is 1.86. The van der Waals surface area contributed by atoms with Gasteiger partial charge < -0.3 is 15.5 Å². The molecule has 0 aliphatic carbocycles. The predicted molar refractivity (Wildman–Crippen MR) is 73.5 cm³/mol. The van der Waals surface area contributed by atoms with E-state index >= 15 is 0 Å². The molecule has 2 saturated heterocycles. The van der Waals surface area contributed by atoms with Gasteiger partial charge in [-0.3, -0.25) is 4.79 Å². The van der Waals surface area contributed by atoms with Crippen LogP contribution in [0.5, 0.6) is 0 Å². The molecule has 2 aliphatic heterocycles. The van der Waals surface area contributed by atoms with Gasteiger partial charge in [0.1, 0.15) is 0 Å². The van der Waals surface area contributed by atoms with Crippen LogP contribution in [0.2, 0.25) is 0 Å². The van der Waals surface area contributed by atoms with E-state index in [1.54, 1.807) is 0 Å². The molecule has 18 heavy (non-hydrogen) atoms. The Morgan fingerprint density at radius 1 is 1.39 bits per heavy atom. The summed E-state index contributed by atoms with van der Waals surface area (Å²) in [6.45, 7) is 9.04. The summed E-state index contributed by atoms with van der Waals surface area (Å²) in [6.07, 6.45) is 4.65. The van der Waals surface area contributed by atoms with Crippen molar-refractivity contribution in [2.24, 2.45) is 0 Å². The summed E-state index contributed by atoms with van der Waals surface area (Å²) in [7, 11) is 0. The molecule has 3 atom stereocenters. The number of carbonyl (C=O) groups is 1. The summed E-state index contributed by atoms with van der Waals surface area (Å²) >= 11 is 0. The summed E-state index contributed by atoms with van der Waals surface area (Å²) in [6, 6.07) is 0.801. The normalized spacial score (nSPS) is 36.9. The third kappa shape index (κ3) is 3.04. The molecular formula is C14H27N3O. The Morgan fingerprint density at radius 3 is 2.61 bits per heavy atom. The van der Waals surface area contributed by atoms with Crippen LogP contribution in [-0.2, 0) is 4.79 Å². The van der Waals surface area contributed by atoms with Crippen molar-refractivity contribution >= 4 is 5.91 Å². The second kappa shape index (κ2) is 5.57. The van der Waals surface area contributed by atoms with Crippen LogP contribution < -0.4 is 10.6 Å². The molecule has 0 bridgehead atoms. The molecule has 0 spiro atoms. The highest BCUT2D eigenvalue weighted by molar-refractivity contribution is 5.79. The van der Waals surface area contributed by atoms with E-state index in [1.807, 2.05) is 0 Å². The fourth-order valence-electron chi connectivity index (χ4n) is 3.26. The van der Waals surface area contributed by atoms with E-state index in [0.29, 0.717) is 18.6 Å². The van der Waals surface area contributed by atoms with Crippen LogP contribution in [0, 0.1) is 0 Å². The number of nitrogens with zero attached hydrogens (tertiary/aromatic N) is 1. The lowest BCUT2D eigenvalue weighted by atomic mass is 9.97. The van der Waals surface area contributed by atoms with E-state index in [0.717, 1.165) is 32.4 Å². The molecule has 4 heteroatoms. The van der Waals surface area contributed by atoms with Crippen molar-refractivity contribution in [1.82, 2.24) is 15.5 Å². The van der Waals surface area contributed by atoms with Crippen LogP contribution in [0.3, 0.4) is 0 Å². The number of piperidine rings is 1. The van der Waals surface area contributed by atoms with Crippen LogP contribution in [0.4, 0.5) is 0 Å². The quantitative estimate of drug-likeness (QED) is 0.792. The van der Waals surface area contributed by atoms with Crippen molar-refractivity contribution in [1.29, 1.82) is 0 Å². The molecule has 3 unspecified atom stereocenters. The molecule has 0 aromatic heterocycles. The second-order valence-electron chi connectivity index (χ2n) is 6.27. The molecule has 2 fully saturated rings. The summed E-state index contributed by atoms with van der Waals surface area (Å²) in [5.41, 5.74) is 0.0952. The average molecular weight is 253 g/mol. The Hall–Kier alpha value is -0.610. The molecule has 0 radical (unpaired) electrons. The van der Waals surface area contributed by atoms with E-state index in [4.69, 9.17) is 0 Å². The van der Waals surface area contributed by atoms with E-state index in [9.17, 15) is 4.79 Å². The molecule has 0 aromatic rings. The first-order valence-electron chi connectivity index (χ1n) is 7.29. The molecule has 0 aromatic carbocycles. The van der Waals surface area contributed by atoms with Crippen LogP contribution in [0.15, 0.2) is 0 Å². The van der Waals surface area contributed by atoms with E-state index in [-0.39, 0.29) is 11.4 Å². The molecule has 2 N–H and O–H groups in total. The molecule has 4 nitrogen and oxygen atoms in total. The number of hydrogen-bond acceptors (Lipinski definition) is 3. The Morgan fingerprint density at radius 2 is 2.06 bits per heavy atom. The molecule has 0 saturated carbocycles. The summed E-state index contributed by atoms with van der Waals surface area (Å²) in [5, 5.41) is 6.79. The van der Waals surface area contributed by atoms with E-state index in [1.165, 1.54) is 6.42 Å². The third-order valence-electron chi connectivity index (χ3n) is 4.52. The van der Waals surface area contributed by atoms with Crippen molar-refractivity contribution in [2.45, 2.75) is 64.1 Å². The van der Waals surface area contributed by atoms with E-state index in [2.05, 4.69) is 36.3 Å². The highest BCUT2D eigenvalue weighted by Gasteiger charge is 2.32. The number of nitrogens with one attached hydrogen (secondary N) is 2. The van der Waals surface area contributed by atoms with Gasteiger partial charge in [0.2, 0.25) is 5.91 Å². The van der Waals surface area contributed by atoms with Gasteiger partial charge in [-0.05, 0) is 53.0 Å². The van der Waals surface area contributed by atoms with Gasteiger partial charge >= 0.3 is 0 Å². The van der Waals surface area contributed by atoms with Crippen molar-refractivity contribution < 1.29 is 4.79 Å². The molecular weight excluding hydrogens is 226 g/mol. The van der Waals surface area contributed by atoms with Crippen molar-refractivity contribution in [3.05, 3.63) is 0 Å². The van der Waals surface area contributed by atoms with Crippen molar-refractivity contribution in [3.8, 4) is 0 Å². The lowest BCUT2D eigenvalue weighted by molar-refractivity contribution is -0.136. The number of hydrogen-bond donors (Lipinski definition) is 2. The van der Waals surface area contributed by atoms with Gasteiger partial charge in [-0.1, -0.05) is 0 Å². The topological polar surface area (TPSA) is 44.4 Å². The number of carbonyl (C=O) groups excluding carboxylic acids is 1. The lowest BCUT2D eigenvalue weighted by Crippen LogP contribution is -2.54. The summed E-state index contributed by atoms with van der Waals surface area (Å²) < 4.78 is 0. The fraction of sp³-hybridized carbons (Fsp3) is 0.929. The van der Waals surface area contributed by atoms with Crippen molar-refractivity contribution in [2.75, 3.05) is 19.6 Å². The van der Waals surface area contributed by atoms with Crippen LogP contribution in [-0.4, -0.2) is 48.1 Å². The van der Waals surface area contributed by atoms with Gasteiger partial charge in [0.25, 0.3) is 0 Å². The zero-order valence-electron chi connectivity index (χ0n) is 12.0. The SMILES string of the molecule is CC1CCCC(C)N1C(=O)CNC1(C)CCNC1. The Labute approximate surface area is 110 Å². The minimum atomic E-state index is 0.0952. The first-order valence-corrected chi connectivity index (χ1v) is 7.29. The van der Waals surface area contributed by atoms with Gasteiger partial charge in [0, 0.05) is 24.2 Å². The Bertz CT molecular complexity index is 289. The monoisotopic (exact) mass is 253 g/mol.